The molecule has 8 rings (SSSR count). The quantitative estimate of drug-likeness (QED) is 0.154. The van der Waals surface area contributed by atoms with E-state index >= 15 is 0 Å². The lowest BCUT2D eigenvalue weighted by molar-refractivity contribution is -0.164. The fourth-order valence-electron chi connectivity index (χ4n) is 10.4. The highest BCUT2D eigenvalue weighted by Crippen LogP contribution is 2.55. The first kappa shape index (κ1) is 46.4. The number of likely N-dealkylation sites (tertiary alicyclic amines) is 1. The molecule has 3 N–H and O–H groups in total. The van der Waals surface area contributed by atoms with E-state index < -0.39 is 23.4 Å². The summed E-state index contributed by atoms with van der Waals surface area (Å²) < 4.78 is 13.1. The fourth-order valence-corrected chi connectivity index (χ4v) is 10.6. The van der Waals surface area contributed by atoms with Crippen LogP contribution >= 0.6 is 11.6 Å². The number of hydrogen-bond acceptors (Lipinski definition) is 13. The number of piperidine rings is 2. The molecule has 17 nitrogen and oxygen atoms in total. The molecule has 1 unspecified atom stereocenters. The molecule has 4 aliphatic rings. The summed E-state index contributed by atoms with van der Waals surface area (Å²) in [5.74, 6) is 0.161. The number of amides is 4. The average molecular weight is 921 g/mol. The number of benzene rings is 3. The first-order valence-corrected chi connectivity index (χ1v) is 23.1. The Balaban J connectivity index is 0.716. The van der Waals surface area contributed by atoms with Crippen LogP contribution < -0.4 is 35.9 Å². The van der Waals surface area contributed by atoms with Crippen molar-refractivity contribution in [1.29, 1.82) is 5.26 Å². The third kappa shape index (κ3) is 10.0. The van der Waals surface area contributed by atoms with Crippen LogP contribution in [0.2, 0.25) is 5.02 Å². The molecule has 1 saturated carbocycles. The summed E-state index contributed by atoms with van der Waals surface area (Å²) >= 11 is 6.26. The Hall–Kier alpha value is -6.09. The van der Waals surface area contributed by atoms with E-state index in [2.05, 4.69) is 74.7 Å². The number of nitrogens with one attached hydrogen (secondary N) is 3. The number of halogens is 1. The minimum atomic E-state index is -0.931. The van der Waals surface area contributed by atoms with Crippen molar-refractivity contribution >= 4 is 51.8 Å². The van der Waals surface area contributed by atoms with Crippen molar-refractivity contribution in [3.63, 3.8) is 0 Å². The minimum Gasteiger partial charge on any atom is -0.489 e. The smallest absolute Gasteiger partial charge is 0.278 e. The third-order valence-corrected chi connectivity index (χ3v) is 14.1. The second-order valence-electron chi connectivity index (χ2n) is 19.0. The van der Waals surface area contributed by atoms with Gasteiger partial charge in [0, 0.05) is 86.4 Å². The molecule has 1 aliphatic carbocycles. The van der Waals surface area contributed by atoms with Crippen LogP contribution in [0.25, 0.3) is 10.9 Å². The van der Waals surface area contributed by atoms with Crippen molar-refractivity contribution in [3.05, 3.63) is 87.2 Å². The van der Waals surface area contributed by atoms with Crippen LogP contribution in [-0.2, 0) is 14.4 Å². The number of rotatable bonds is 14. The molecule has 348 valence electrons. The standard InChI is InChI=1S/C48H57ClN10O7/c1-47(2)45(48(3,4)46(47)66-35-10-7-32(27-50)37(49)26-35)53-42(62)31-5-8-33(9-6-31)58-23-21-57(22-24-58)28-30-15-18-56(19-16-30)20-17-51-41(61)29-65-34-11-12-38-36(25-34)44(64)59(55-54-38)39-13-14-40(60)52-43(39)63/h5-12,25-26,30,39,45-46H,13-24,28-29H2,1-4H3,(H,51,61)(H,53,62)(H,52,60,63). The van der Waals surface area contributed by atoms with Gasteiger partial charge in [-0.3, -0.25) is 34.2 Å². The fraction of sp³-hybridized carbons (Fsp3) is 0.500. The highest BCUT2D eigenvalue weighted by molar-refractivity contribution is 6.31. The lowest BCUT2D eigenvalue weighted by Gasteiger charge is -2.63. The van der Waals surface area contributed by atoms with Gasteiger partial charge < -0.3 is 29.9 Å². The molecule has 66 heavy (non-hydrogen) atoms. The zero-order chi connectivity index (χ0) is 46.8. The minimum absolute atomic E-state index is 0.100. The van der Waals surface area contributed by atoms with Gasteiger partial charge in [-0.1, -0.05) is 44.5 Å². The monoisotopic (exact) mass is 920 g/mol. The van der Waals surface area contributed by atoms with Crippen LogP contribution in [0.1, 0.15) is 75.3 Å². The summed E-state index contributed by atoms with van der Waals surface area (Å²) in [4.78, 5) is 70.5. The van der Waals surface area contributed by atoms with Crippen molar-refractivity contribution < 1.29 is 28.7 Å². The largest absolute Gasteiger partial charge is 0.489 e. The Bertz CT molecular complexity index is 2560. The Morgan fingerprint density at radius 2 is 1.61 bits per heavy atom. The Morgan fingerprint density at radius 1 is 0.894 bits per heavy atom. The Kier molecular flexibility index (Phi) is 13.7. The molecule has 4 aromatic rings. The summed E-state index contributed by atoms with van der Waals surface area (Å²) in [5, 5.41) is 26.2. The van der Waals surface area contributed by atoms with Gasteiger partial charge in [-0.25, -0.2) is 0 Å². The van der Waals surface area contributed by atoms with E-state index in [0.29, 0.717) is 45.6 Å². The molecule has 0 spiro atoms. The number of hydrogen-bond donors (Lipinski definition) is 3. The molecule has 1 aromatic heterocycles. The molecule has 4 amide bonds. The van der Waals surface area contributed by atoms with Gasteiger partial charge in [-0.15, -0.1) is 5.10 Å². The molecule has 4 fully saturated rings. The van der Waals surface area contributed by atoms with Gasteiger partial charge in [-0.05, 0) is 92.9 Å². The van der Waals surface area contributed by atoms with E-state index in [0.717, 1.165) is 75.6 Å². The molecule has 3 aliphatic heterocycles. The van der Waals surface area contributed by atoms with Crippen LogP contribution in [0, 0.1) is 28.1 Å². The topological polar surface area (TPSA) is 204 Å². The molecule has 3 aromatic carbocycles. The van der Waals surface area contributed by atoms with Crippen LogP contribution in [-0.4, -0.2) is 126 Å². The number of carbonyl (C=O) groups is 4. The number of anilines is 1. The molecule has 4 heterocycles. The average Bonchev–Trinajstić information content (AvgIpc) is 3.30. The van der Waals surface area contributed by atoms with Gasteiger partial charge in [0.15, 0.2) is 6.61 Å². The number of nitrogens with zero attached hydrogens (tertiary/aromatic N) is 7. The van der Waals surface area contributed by atoms with E-state index in [4.69, 9.17) is 21.1 Å². The van der Waals surface area contributed by atoms with E-state index in [1.807, 2.05) is 24.3 Å². The number of fused-ring (bicyclic) bond motifs is 1. The summed E-state index contributed by atoms with van der Waals surface area (Å²) in [7, 11) is 0. The maximum Gasteiger partial charge on any atom is 0.278 e. The van der Waals surface area contributed by atoms with Gasteiger partial charge in [0.2, 0.25) is 5.91 Å². The predicted octanol–water partition coefficient (Wildman–Crippen LogP) is 3.94. The first-order valence-electron chi connectivity index (χ1n) is 22.7. The summed E-state index contributed by atoms with van der Waals surface area (Å²) in [6.07, 6.45) is 2.28. The lowest BCUT2D eigenvalue weighted by atomic mass is 9.49. The van der Waals surface area contributed by atoms with Crippen LogP contribution in [0.3, 0.4) is 0 Å². The molecule has 0 radical (unpaired) electrons. The molecule has 3 saturated heterocycles. The van der Waals surface area contributed by atoms with Gasteiger partial charge in [0.1, 0.15) is 35.2 Å². The molecule has 0 bridgehead atoms. The maximum absolute atomic E-state index is 13.5. The zero-order valence-electron chi connectivity index (χ0n) is 37.8. The molecular formula is C48H57ClN10O7. The molecule has 1 atom stereocenters. The van der Waals surface area contributed by atoms with E-state index in [-0.39, 0.29) is 59.6 Å². The van der Waals surface area contributed by atoms with Crippen molar-refractivity contribution in [2.24, 2.45) is 16.7 Å². The highest BCUT2D eigenvalue weighted by atomic mass is 35.5. The maximum atomic E-state index is 13.5. The number of ether oxygens (including phenoxy) is 2. The second-order valence-corrected chi connectivity index (χ2v) is 19.5. The van der Waals surface area contributed by atoms with Crippen molar-refractivity contribution in [1.82, 2.24) is 40.7 Å². The summed E-state index contributed by atoms with van der Waals surface area (Å²) in [6.45, 7) is 16.2. The first-order chi connectivity index (χ1) is 31.6. The number of carbonyl (C=O) groups excluding carboxylic acids is 4. The second kappa shape index (κ2) is 19.4. The predicted molar refractivity (Wildman–Crippen MR) is 247 cm³/mol. The van der Waals surface area contributed by atoms with E-state index in [9.17, 15) is 29.2 Å². The normalized spacial score (nSPS) is 22.2. The number of aromatic nitrogens is 3. The SMILES string of the molecule is CC1(C)C(NC(=O)c2ccc(N3CCN(CC4CCN(CCNC(=O)COc5ccc6nnn(C7CCC(=O)NC7=O)c(=O)c6c5)CC4)CC3)cc2)C(C)(C)C1Oc1ccc(C#N)c(Cl)c1. The third-order valence-electron chi connectivity index (χ3n) is 13.8. The number of imide groups is 1. The van der Waals surface area contributed by atoms with Crippen LogP contribution in [0.4, 0.5) is 5.69 Å². The lowest BCUT2D eigenvalue weighted by Crippen LogP contribution is -2.74. The molecular weight excluding hydrogens is 864 g/mol. The van der Waals surface area contributed by atoms with Gasteiger partial charge in [0.25, 0.3) is 23.3 Å². The summed E-state index contributed by atoms with van der Waals surface area (Å²) in [6, 6.07) is 18.7. The number of piperazine rings is 1. The van der Waals surface area contributed by atoms with Crippen molar-refractivity contribution in [3.8, 4) is 17.6 Å². The summed E-state index contributed by atoms with van der Waals surface area (Å²) in [5.41, 5.74) is 1.22. The molecule has 18 heteroatoms. The Labute approximate surface area is 388 Å². The Morgan fingerprint density at radius 3 is 2.29 bits per heavy atom. The zero-order valence-corrected chi connectivity index (χ0v) is 38.6. The van der Waals surface area contributed by atoms with E-state index in [1.165, 1.54) is 6.07 Å². The van der Waals surface area contributed by atoms with E-state index in [1.54, 1.807) is 30.3 Å². The van der Waals surface area contributed by atoms with Gasteiger partial charge >= 0.3 is 0 Å². The van der Waals surface area contributed by atoms with Crippen molar-refractivity contribution in [2.45, 2.75) is 71.6 Å². The van der Waals surface area contributed by atoms with Gasteiger partial charge in [0.05, 0.1) is 16.0 Å². The van der Waals surface area contributed by atoms with Crippen LogP contribution in [0.5, 0.6) is 11.5 Å². The van der Waals surface area contributed by atoms with Gasteiger partial charge in [-0.2, -0.15) is 9.94 Å². The van der Waals surface area contributed by atoms with Crippen LogP contribution in [0.15, 0.2) is 65.5 Å². The number of nitriles is 1. The highest BCUT2D eigenvalue weighted by Gasteiger charge is 2.64. The van der Waals surface area contributed by atoms with Crippen molar-refractivity contribution in [2.75, 3.05) is 70.4 Å².